The van der Waals surface area contributed by atoms with Gasteiger partial charge in [-0.2, -0.15) is 0 Å². The van der Waals surface area contributed by atoms with Gasteiger partial charge in [0.05, 0.1) is 7.05 Å². The summed E-state index contributed by atoms with van der Waals surface area (Å²) >= 11 is 0. The van der Waals surface area contributed by atoms with E-state index in [-0.39, 0.29) is 24.4 Å². The smallest absolute Gasteiger partial charge is 0.280 e. The number of halogens is 1. The maximum absolute atomic E-state index is 13.2. The molecule has 1 aliphatic carbocycles. The monoisotopic (exact) mass is 350 g/mol. The number of carbonyl (C=O) groups is 2. The number of nitrogens with zero attached hydrogens (tertiary/aromatic N) is 1. The van der Waals surface area contributed by atoms with Crippen molar-refractivity contribution >= 4 is 17.5 Å². The Kier molecular flexibility index (Phi) is 6.93. The van der Waals surface area contributed by atoms with Gasteiger partial charge in [0, 0.05) is 18.8 Å². The van der Waals surface area contributed by atoms with Crippen molar-refractivity contribution in [3.8, 4) is 0 Å². The molecule has 0 saturated heterocycles. The number of benzene rings is 1. The molecule has 5 nitrogen and oxygen atoms in total. The first-order valence-corrected chi connectivity index (χ1v) is 9.03. The standard InChI is InChI=1S/C19H28FN3O2/c1-14(19(25)23(3)17-10-5-4-6-11-17)22(2)13-18(24)21-16-9-7-8-15(20)12-16/h7-9,12,14,17H,4-6,10-11,13H2,1-3H3,(H,21,24)/p+1/t14-/m1/s1. The Morgan fingerprint density at radius 3 is 2.64 bits per heavy atom. The number of quaternary nitrogens is 1. The highest BCUT2D eigenvalue weighted by Gasteiger charge is 2.30. The maximum Gasteiger partial charge on any atom is 0.280 e. The van der Waals surface area contributed by atoms with E-state index in [2.05, 4.69) is 5.32 Å². The van der Waals surface area contributed by atoms with E-state index in [1.54, 1.807) is 12.1 Å². The van der Waals surface area contributed by atoms with Crippen LogP contribution in [0.4, 0.5) is 10.1 Å². The molecule has 6 heteroatoms. The first-order valence-electron chi connectivity index (χ1n) is 9.03. The Morgan fingerprint density at radius 2 is 2.00 bits per heavy atom. The van der Waals surface area contributed by atoms with Gasteiger partial charge in [-0.25, -0.2) is 4.39 Å². The lowest BCUT2D eigenvalue weighted by Gasteiger charge is -2.33. The number of rotatable bonds is 6. The molecule has 1 saturated carbocycles. The minimum Gasteiger partial charge on any atom is -0.338 e. The summed E-state index contributed by atoms with van der Waals surface area (Å²) in [6, 6.07) is 5.81. The van der Waals surface area contributed by atoms with Crippen molar-refractivity contribution in [3.05, 3.63) is 30.1 Å². The molecule has 0 radical (unpaired) electrons. The molecule has 0 heterocycles. The molecule has 1 aromatic rings. The highest BCUT2D eigenvalue weighted by Crippen LogP contribution is 2.21. The zero-order valence-corrected chi connectivity index (χ0v) is 15.3. The van der Waals surface area contributed by atoms with Gasteiger partial charge < -0.3 is 15.1 Å². The lowest BCUT2D eigenvalue weighted by atomic mass is 9.94. The molecule has 0 spiro atoms. The van der Waals surface area contributed by atoms with Crippen molar-refractivity contribution in [2.45, 2.75) is 51.1 Å². The second kappa shape index (κ2) is 8.94. The highest BCUT2D eigenvalue weighted by atomic mass is 19.1. The first-order chi connectivity index (χ1) is 11.9. The van der Waals surface area contributed by atoms with Crippen LogP contribution in [0.5, 0.6) is 0 Å². The summed E-state index contributed by atoms with van der Waals surface area (Å²) < 4.78 is 13.2. The second-order valence-electron chi connectivity index (χ2n) is 7.04. The molecule has 138 valence electrons. The van der Waals surface area contributed by atoms with Crippen LogP contribution in [0.1, 0.15) is 39.0 Å². The summed E-state index contributed by atoms with van der Waals surface area (Å²) in [7, 11) is 3.71. The topological polar surface area (TPSA) is 53.9 Å². The molecule has 1 aromatic carbocycles. The highest BCUT2D eigenvalue weighted by molar-refractivity contribution is 5.91. The third kappa shape index (κ3) is 5.53. The normalized spacial score (nSPS) is 17.6. The zero-order chi connectivity index (χ0) is 18.4. The van der Waals surface area contributed by atoms with Crippen molar-refractivity contribution in [1.29, 1.82) is 0 Å². The fourth-order valence-electron chi connectivity index (χ4n) is 3.34. The average molecular weight is 350 g/mol. The summed E-state index contributed by atoms with van der Waals surface area (Å²) in [5.74, 6) is -0.554. The molecule has 1 unspecified atom stereocenters. The third-order valence-corrected chi connectivity index (χ3v) is 5.13. The molecule has 2 atom stereocenters. The fraction of sp³-hybridized carbons (Fsp3) is 0.579. The Bertz CT molecular complexity index is 602. The zero-order valence-electron chi connectivity index (χ0n) is 15.3. The van der Waals surface area contributed by atoms with Gasteiger partial charge in [0.1, 0.15) is 5.82 Å². The van der Waals surface area contributed by atoms with Gasteiger partial charge in [-0.05, 0) is 38.0 Å². The molecule has 25 heavy (non-hydrogen) atoms. The summed E-state index contributed by atoms with van der Waals surface area (Å²) in [6.45, 7) is 2.01. The Balaban J connectivity index is 1.86. The van der Waals surface area contributed by atoms with Crippen LogP contribution in [-0.2, 0) is 9.59 Å². The van der Waals surface area contributed by atoms with Gasteiger partial charge in [-0.15, -0.1) is 0 Å². The largest absolute Gasteiger partial charge is 0.338 e. The van der Waals surface area contributed by atoms with E-state index in [0.717, 1.165) is 17.7 Å². The van der Waals surface area contributed by atoms with Crippen molar-refractivity contribution < 1.29 is 18.9 Å². The van der Waals surface area contributed by atoms with Crippen molar-refractivity contribution in [1.82, 2.24) is 4.90 Å². The predicted octanol–water partition coefficient (Wildman–Crippen LogP) is 1.46. The number of hydrogen-bond donors (Lipinski definition) is 2. The molecule has 0 aromatic heterocycles. The maximum atomic E-state index is 13.2. The molecular weight excluding hydrogens is 321 g/mol. The van der Waals surface area contributed by atoms with E-state index in [1.807, 2.05) is 25.9 Å². The van der Waals surface area contributed by atoms with Gasteiger partial charge in [0.2, 0.25) is 0 Å². The summed E-state index contributed by atoms with van der Waals surface area (Å²) in [6.07, 6.45) is 5.73. The molecule has 2 rings (SSSR count). The minimum atomic E-state index is -0.392. The average Bonchev–Trinajstić information content (AvgIpc) is 2.60. The van der Waals surface area contributed by atoms with Crippen LogP contribution in [-0.4, -0.2) is 49.4 Å². The first kappa shape index (κ1) is 19.4. The number of likely N-dealkylation sites (N-methyl/N-ethyl adjacent to an activating group) is 2. The van der Waals surface area contributed by atoms with Gasteiger partial charge in [0.15, 0.2) is 12.6 Å². The second-order valence-corrected chi connectivity index (χ2v) is 7.04. The van der Waals surface area contributed by atoms with Crippen LogP contribution in [0, 0.1) is 5.82 Å². The lowest BCUT2D eigenvalue weighted by molar-refractivity contribution is -0.886. The summed E-state index contributed by atoms with van der Waals surface area (Å²) in [5.41, 5.74) is 0.427. The van der Waals surface area contributed by atoms with E-state index in [1.165, 1.54) is 31.4 Å². The van der Waals surface area contributed by atoms with Gasteiger partial charge in [0.25, 0.3) is 11.8 Å². The molecule has 1 aliphatic rings. The molecular formula is C19H29FN3O2+. The number of hydrogen-bond acceptors (Lipinski definition) is 2. The number of anilines is 1. The van der Waals surface area contributed by atoms with E-state index in [9.17, 15) is 14.0 Å². The van der Waals surface area contributed by atoms with Crippen molar-refractivity contribution in [3.63, 3.8) is 0 Å². The SMILES string of the molecule is C[C@H](C(=O)N(C)C1CCCCC1)[NH+](C)CC(=O)Nc1cccc(F)c1. The Hall–Kier alpha value is -1.95. The Morgan fingerprint density at radius 1 is 1.32 bits per heavy atom. The van der Waals surface area contributed by atoms with E-state index < -0.39 is 5.82 Å². The van der Waals surface area contributed by atoms with Gasteiger partial charge >= 0.3 is 0 Å². The molecule has 1 fully saturated rings. The van der Waals surface area contributed by atoms with Crippen LogP contribution >= 0.6 is 0 Å². The molecule has 0 bridgehead atoms. The van der Waals surface area contributed by atoms with Crippen molar-refractivity contribution in [2.24, 2.45) is 0 Å². The van der Waals surface area contributed by atoms with Crippen LogP contribution in [0.2, 0.25) is 0 Å². The Labute approximate surface area is 149 Å². The van der Waals surface area contributed by atoms with Crippen LogP contribution in [0.3, 0.4) is 0 Å². The molecule has 2 amide bonds. The van der Waals surface area contributed by atoms with E-state index in [4.69, 9.17) is 0 Å². The number of amides is 2. The van der Waals surface area contributed by atoms with Crippen LogP contribution in [0.25, 0.3) is 0 Å². The molecule has 0 aliphatic heterocycles. The van der Waals surface area contributed by atoms with Gasteiger partial charge in [-0.1, -0.05) is 25.3 Å². The lowest BCUT2D eigenvalue weighted by Crippen LogP contribution is -3.15. The van der Waals surface area contributed by atoms with Crippen molar-refractivity contribution in [2.75, 3.05) is 26.0 Å². The minimum absolute atomic E-state index is 0.0722. The van der Waals surface area contributed by atoms with E-state index >= 15 is 0 Å². The van der Waals surface area contributed by atoms with Crippen LogP contribution in [0.15, 0.2) is 24.3 Å². The summed E-state index contributed by atoms with van der Waals surface area (Å²) in [5, 5.41) is 2.68. The number of carbonyl (C=O) groups excluding carboxylic acids is 2. The predicted molar refractivity (Wildman–Crippen MR) is 95.9 cm³/mol. The van der Waals surface area contributed by atoms with E-state index in [0.29, 0.717) is 11.7 Å². The van der Waals surface area contributed by atoms with Crippen LogP contribution < -0.4 is 10.2 Å². The fourth-order valence-corrected chi connectivity index (χ4v) is 3.34. The molecule has 2 N–H and O–H groups in total. The quantitative estimate of drug-likeness (QED) is 0.816. The number of nitrogens with one attached hydrogen (secondary N) is 2. The van der Waals surface area contributed by atoms with Gasteiger partial charge in [-0.3, -0.25) is 9.59 Å². The third-order valence-electron chi connectivity index (χ3n) is 5.13. The summed E-state index contributed by atoms with van der Waals surface area (Å²) in [4.78, 5) is 27.5.